The molecule has 0 aromatic heterocycles. The van der Waals surface area contributed by atoms with E-state index in [-0.39, 0.29) is 74.2 Å². The molecular weight excluding hydrogens is 349 g/mol. The van der Waals surface area contributed by atoms with E-state index in [0.717, 1.165) is 0 Å². The van der Waals surface area contributed by atoms with E-state index in [1.54, 1.807) is 0 Å². The molecule has 0 aliphatic heterocycles. The molecule has 0 unspecified atom stereocenters. The van der Waals surface area contributed by atoms with Gasteiger partial charge in [-0.25, -0.2) is 0 Å². The topological polar surface area (TPSA) is 447 Å². The number of hydrogen-bond acceptors (Lipinski definition) is 6. The van der Waals surface area contributed by atoms with Crippen molar-refractivity contribution in [2.75, 3.05) is 0 Å². The minimum atomic E-state index is -1.75. The molecule has 0 amide bonds. The molecule has 0 saturated heterocycles. The minimum absolute atomic E-state index is 0. The summed E-state index contributed by atoms with van der Waals surface area (Å²) in [7, 11) is 0. The van der Waals surface area contributed by atoms with Crippen LogP contribution in [0.15, 0.2) is 0 Å². The molecule has 0 saturated carbocycles. The van der Waals surface area contributed by atoms with Crippen molar-refractivity contribution in [1.29, 1.82) is 0 Å². The van der Waals surface area contributed by atoms with E-state index in [0.29, 0.717) is 0 Å². The van der Waals surface area contributed by atoms with Crippen LogP contribution in [-0.2, 0) is 19.5 Å². The van der Waals surface area contributed by atoms with Crippen molar-refractivity contribution in [3.63, 3.8) is 0 Å². The van der Waals surface area contributed by atoms with Crippen LogP contribution in [0.5, 0.6) is 0 Å². The molecule has 0 aliphatic rings. The van der Waals surface area contributed by atoms with Gasteiger partial charge in [0.15, 0.2) is 0 Å². The smallest absolute Gasteiger partial charge is 0.412 e. The van der Waals surface area contributed by atoms with Gasteiger partial charge in [0.2, 0.25) is 0 Å². The molecule has 0 radical (unpaired) electrons. The SMILES string of the molecule is O.O.O.O.O.O.O.O.O.O.O=[N+]([O-])[O-].O=[N+]([O-])[O-].[Zn+2]. The van der Waals surface area contributed by atoms with Crippen LogP contribution in [0, 0.1) is 30.6 Å². The fraction of sp³-hybridized carbons (Fsp3) is 0. The summed E-state index contributed by atoms with van der Waals surface area (Å²) in [6.45, 7) is 0. The van der Waals surface area contributed by atoms with Crippen molar-refractivity contribution < 1.29 is 84.4 Å². The Kier molecular flexibility index (Phi) is 2280. The summed E-state index contributed by atoms with van der Waals surface area (Å²) < 4.78 is 0. The van der Waals surface area contributed by atoms with E-state index in [1.807, 2.05) is 0 Å². The molecule has 0 bridgehead atoms. The molecule has 0 atom stereocenters. The zero-order valence-electron chi connectivity index (χ0n) is 9.05. The molecule has 128 valence electrons. The van der Waals surface area contributed by atoms with Crippen molar-refractivity contribution in [2.45, 2.75) is 0 Å². The van der Waals surface area contributed by atoms with Gasteiger partial charge in [0.25, 0.3) is 0 Å². The van der Waals surface area contributed by atoms with Gasteiger partial charge in [0.1, 0.15) is 0 Å². The summed E-state index contributed by atoms with van der Waals surface area (Å²) in [5, 5.41) is 29.5. The van der Waals surface area contributed by atoms with E-state index in [9.17, 15) is 0 Å². The minimum Gasteiger partial charge on any atom is -0.412 e. The fourth-order valence-electron chi connectivity index (χ4n) is 0. The summed E-state index contributed by atoms with van der Waals surface area (Å²) >= 11 is 0. The van der Waals surface area contributed by atoms with Gasteiger partial charge in [-0.2, -0.15) is 0 Å². The van der Waals surface area contributed by atoms with Gasteiger partial charge in [-0.15, -0.1) is 0 Å². The zero-order valence-corrected chi connectivity index (χ0v) is 12.0. The Balaban J connectivity index is -0.00000000218. The van der Waals surface area contributed by atoms with Gasteiger partial charge in [-0.05, 0) is 0 Å². The van der Waals surface area contributed by atoms with Gasteiger partial charge < -0.3 is 85.4 Å². The van der Waals surface area contributed by atoms with E-state index in [2.05, 4.69) is 0 Å². The first-order chi connectivity index (χ1) is 3.46. The second-order valence-corrected chi connectivity index (χ2v) is 0.447. The second kappa shape index (κ2) is 190. The van der Waals surface area contributed by atoms with Gasteiger partial charge in [-0.3, -0.25) is 0 Å². The Morgan fingerprint density at radius 3 is 0.421 bits per heavy atom. The molecule has 0 aromatic rings. The van der Waals surface area contributed by atoms with E-state index < -0.39 is 10.2 Å². The maximum absolute atomic E-state index is 8.25. The van der Waals surface area contributed by atoms with Gasteiger partial charge >= 0.3 is 19.5 Å². The molecule has 0 spiro atoms. The summed E-state index contributed by atoms with van der Waals surface area (Å²) in [6.07, 6.45) is 0. The second-order valence-electron chi connectivity index (χ2n) is 0.447. The molecule has 20 N–H and O–H groups in total. The third-order valence-electron chi connectivity index (χ3n) is 0. The number of rotatable bonds is 0. The standard InChI is InChI=1S/2NO3.10H2O.Zn/c2*2-1(3)4;;;;;;;;;;;/h;;10*1H2;/q2*-1;;;;;;;;;;;+2. The Morgan fingerprint density at radius 2 is 0.421 bits per heavy atom. The molecule has 0 aliphatic carbocycles. The van der Waals surface area contributed by atoms with Crippen LogP contribution in [0.1, 0.15) is 0 Å². The van der Waals surface area contributed by atoms with Crippen LogP contribution in [0.4, 0.5) is 0 Å². The van der Waals surface area contributed by atoms with Crippen molar-refractivity contribution in [3.8, 4) is 0 Å². The first-order valence-corrected chi connectivity index (χ1v) is 1.10. The van der Waals surface area contributed by atoms with Crippen LogP contribution in [-0.4, -0.2) is 64.9 Å². The van der Waals surface area contributed by atoms with Crippen molar-refractivity contribution >= 4 is 0 Å². The van der Waals surface area contributed by atoms with Crippen LogP contribution in [0.3, 0.4) is 0 Å². The van der Waals surface area contributed by atoms with E-state index >= 15 is 0 Å². The summed E-state index contributed by atoms with van der Waals surface area (Å²) in [5.74, 6) is 0. The predicted octanol–water partition coefficient (Wildman–Crippen LogP) is -8.73. The molecule has 19 heavy (non-hydrogen) atoms. The average Bonchev–Trinajstić information content (AvgIpc) is 1.25. The Hall–Kier alpha value is -1.38. The van der Waals surface area contributed by atoms with Crippen LogP contribution >= 0.6 is 0 Å². The fourth-order valence-corrected chi connectivity index (χ4v) is 0. The van der Waals surface area contributed by atoms with Crippen LogP contribution < -0.4 is 0 Å². The Bertz CT molecular complexity index is 72.7. The number of hydrogen-bond donors (Lipinski definition) is 0. The van der Waals surface area contributed by atoms with Gasteiger partial charge in [0, 0.05) is 0 Å². The van der Waals surface area contributed by atoms with E-state index in [1.165, 1.54) is 0 Å². The zero-order chi connectivity index (χ0) is 7.15. The van der Waals surface area contributed by atoms with Gasteiger partial charge in [0.05, 0.1) is 10.2 Å². The quantitative estimate of drug-likeness (QED) is 0.226. The first-order valence-electron chi connectivity index (χ1n) is 1.10. The number of nitrogens with zero attached hydrogens (tertiary/aromatic N) is 2. The molecule has 18 nitrogen and oxygen atoms in total. The predicted molar refractivity (Wildman–Crippen MR) is 56.9 cm³/mol. The molecule has 19 heteroatoms. The summed E-state index contributed by atoms with van der Waals surface area (Å²) in [4.78, 5) is 16.5. The Morgan fingerprint density at radius 1 is 0.421 bits per heavy atom. The molecule has 0 aromatic carbocycles. The van der Waals surface area contributed by atoms with Gasteiger partial charge in [-0.1, -0.05) is 0 Å². The van der Waals surface area contributed by atoms with Crippen molar-refractivity contribution in [3.05, 3.63) is 30.6 Å². The first kappa shape index (κ1) is 228. The normalized spacial score (nSPS) is 2.53. The van der Waals surface area contributed by atoms with Crippen molar-refractivity contribution in [1.82, 2.24) is 0 Å². The van der Waals surface area contributed by atoms with Crippen LogP contribution in [0.25, 0.3) is 0 Å². The maximum atomic E-state index is 8.25. The Labute approximate surface area is 116 Å². The van der Waals surface area contributed by atoms with Crippen molar-refractivity contribution in [2.24, 2.45) is 0 Å². The average molecular weight is 370 g/mol. The summed E-state index contributed by atoms with van der Waals surface area (Å²) in [6, 6.07) is 0. The van der Waals surface area contributed by atoms with Crippen LogP contribution in [0.2, 0.25) is 0 Å². The molecule has 0 rings (SSSR count). The molecule has 0 fully saturated rings. The summed E-state index contributed by atoms with van der Waals surface area (Å²) in [5.41, 5.74) is 0. The third-order valence-corrected chi connectivity index (χ3v) is 0. The third kappa shape index (κ3) is 1880. The van der Waals surface area contributed by atoms with E-state index in [4.69, 9.17) is 30.6 Å². The largest absolute Gasteiger partial charge is 2.00 e. The monoisotopic (exact) mass is 368 g/mol. The maximum Gasteiger partial charge on any atom is 2.00 e. The molecular formula is H20N2O16Zn. The molecule has 0 heterocycles.